The van der Waals surface area contributed by atoms with Gasteiger partial charge >= 0.3 is 0 Å². The highest BCUT2D eigenvalue weighted by Gasteiger charge is 2.00. The van der Waals surface area contributed by atoms with E-state index in [1.807, 2.05) is 6.07 Å². The number of rotatable bonds is 4. The van der Waals surface area contributed by atoms with Gasteiger partial charge in [-0.25, -0.2) is 0 Å². The van der Waals surface area contributed by atoms with Gasteiger partial charge in [-0.15, -0.1) is 0 Å². The molecule has 0 aliphatic rings. The summed E-state index contributed by atoms with van der Waals surface area (Å²) >= 11 is 0. The number of hydrogen-bond donors (Lipinski definition) is 1. The Morgan fingerprint density at radius 3 is 2.00 bits per heavy atom. The Morgan fingerprint density at radius 1 is 0.688 bits per heavy atom. The molecule has 0 unspecified atom stereocenters. The van der Waals surface area contributed by atoms with Crippen molar-refractivity contribution >= 4 is 0 Å². The highest BCUT2D eigenvalue weighted by atomic mass is 14.5. The van der Waals surface area contributed by atoms with Crippen LogP contribution in [0.1, 0.15) is 16.7 Å². The van der Waals surface area contributed by atoms with E-state index in [2.05, 4.69) is 48.5 Å². The van der Waals surface area contributed by atoms with Crippen molar-refractivity contribution in [3.8, 4) is 0 Å². The SMILES string of the molecule is NCc1ccccc1CCc1ccccc1. The molecule has 2 aromatic rings. The normalized spacial score (nSPS) is 10.3. The third kappa shape index (κ3) is 2.71. The third-order valence-corrected chi connectivity index (χ3v) is 2.86. The largest absolute Gasteiger partial charge is 0.326 e. The van der Waals surface area contributed by atoms with Gasteiger partial charge in [0.2, 0.25) is 0 Å². The molecule has 0 atom stereocenters. The van der Waals surface area contributed by atoms with Gasteiger partial charge in [-0.2, -0.15) is 0 Å². The molecular formula is C15H17N. The van der Waals surface area contributed by atoms with Crippen LogP contribution in [-0.4, -0.2) is 0 Å². The molecule has 0 fully saturated rings. The lowest BCUT2D eigenvalue weighted by Gasteiger charge is -2.07. The summed E-state index contributed by atoms with van der Waals surface area (Å²) in [7, 11) is 0. The molecule has 0 amide bonds. The van der Waals surface area contributed by atoms with Gasteiger partial charge in [-0.05, 0) is 29.5 Å². The molecule has 1 nitrogen and oxygen atoms in total. The summed E-state index contributed by atoms with van der Waals surface area (Å²) in [5.41, 5.74) is 9.73. The summed E-state index contributed by atoms with van der Waals surface area (Å²) < 4.78 is 0. The predicted octanol–water partition coefficient (Wildman–Crippen LogP) is 2.93. The van der Waals surface area contributed by atoms with Gasteiger partial charge in [0.15, 0.2) is 0 Å². The highest BCUT2D eigenvalue weighted by molar-refractivity contribution is 5.28. The van der Waals surface area contributed by atoms with Crippen LogP contribution >= 0.6 is 0 Å². The van der Waals surface area contributed by atoms with E-state index < -0.39 is 0 Å². The molecule has 0 aliphatic carbocycles. The van der Waals surface area contributed by atoms with Crippen molar-refractivity contribution in [3.05, 3.63) is 71.3 Å². The van der Waals surface area contributed by atoms with E-state index in [1.165, 1.54) is 16.7 Å². The maximum atomic E-state index is 5.72. The smallest absolute Gasteiger partial charge is 0.0180 e. The second-order valence-corrected chi connectivity index (χ2v) is 3.96. The Balaban J connectivity index is 2.05. The van der Waals surface area contributed by atoms with Crippen LogP contribution < -0.4 is 5.73 Å². The molecule has 0 radical (unpaired) electrons. The first-order valence-electron chi connectivity index (χ1n) is 5.71. The van der Waals surface area contributed by atoms with Gasteiger partial charge in [0, 0.05) is 6.54 Å². The maximum Gasteiger partial charge on any atom is 0.0180 e. The molecule has 0 saturated carbocycles. The Kier molecular flexibility index (Phi) is 3.73. The standard InChI is InChI=1S/C15H17N/c16-12-15-9-5-4-8-14(15)11-10-13-6-2-1-3-7-13/h1-9H,10-12,16H2. The minimum Gasteiger partial charge on any atom is -0.326 e. The average Bonchev–Trinajstić information content (AvgIpc) is 2.38. The van der Waals surface area contributed by atoms with Gasteiger partial charge in [0.05, 0.1) is 0 Å². The van der Waals surface area contributed by atoms with Crippen molar-refractivity contribution < 1.29 is 0 Å². The average molecular weight is 211 g/mol. The first-order valence-corrected chi connectivity index (χ1v) is 5.71. The van der Waals surface area contributed by atoms with E-state index >= 15 is 0 Å². The molecule has 0 heterocycles. The van der Waals surface area contributed by atoms with Crippen LogP contribution in [0.25, 0.3) is 0 Å². The van der Waals surface area contributed by atoms with Crippen molar-refractivity contribution in [2.75, 3.05) is 0 Å². The van der Waals surface area contributed by atoms with Gasteiger partial charge in [-0.3, -0.25) is 0 Å². The number of benzene rings is 2. The zero-order chi connectivity index (χ0) is 11.2. The van der Waals surface area contributed by atoms with Crippen molar-refractivity contribution in [2.45, 2.75) is 19.4 Å². The zero-order valence-corrected chi connectivity index (χ0v) is 9.39. The maximum absolute atomic E-state index is 5.72. The first kappa shape index (κ1) is 10.9. The van der Waals surface area contributed by atoms with Gasteiger partial charge in [0.25, 0.3) is 0 Å². The minimum absolute atomic E-state index is 0.630. The van der Waals surface area contributed by atoms with Crippen molar-refractivity contribution in [2.24, 2.45) is 5.73 Å². The zero-order valence-electron chi connectivity index (χ0n) is 9.39. The van der Waals surface area contributed by atoms with Gasteiger partial charge in [0.1, 0.15) is 0 Å². The molecule has 16 heavy (non-hydrogen) atoms. The second kappa shape index (κ2) is 5.47. The summed E-state index contributed by atoms with van der Waals surface area (Å²) in [5, 5.41) is 0. The summed E-state index contributed by atoms with van der Waals surface area (Å²) in [5.74, 6) is 0. The van der Waals surface area contributed by atoms with Crippen molar-refractivity contribution in [1.29, 1.82) is 0 Å². The van der Waals surface area contributed by atoms with E-state index in [-0.39, 0.29) is 0 Å². The molecule has 2 aromatic carbocycles. The Morgan fingerprint density at radius 2 is 1.31 bits per heavy atom. The van der Waals surface area contributed by atoms with Gasteiger partial charge in [-0.1, -0.05) is 54.6 Å². The fourth-order valence-corrected chi connectivity index (χ4v) is 1.92. The van der Waals surface area contributed by atoms with Crippen LogP contribution in [0, 0.1) is 0 Å². The summed E-state index contributed by atoms with van der Waals surface area (Å²) in [6, 6.07) is 19.0. The summed E-state index contributed by atoms with van der Waals surface area (Å²) in [4.78, 5) is 0. The predicted molar refractivity (Wildman–Crippen MR) is 68.2 cm³/mol. The van der Waals surface area contributed by atoms with Crippen LogP contribution in [0.4, 0.5) is 0 Å². The number of nitrogens with two attached hydrogens (primary N) is 1. The molecule has 2 rings (SSSR count). The fraction of sp³-hybridized carbons (Fsp3) is 0.200. The van der Waals surface area contributed by atoms with Crippen molar-refractivity contribution in [3.63, 3.8) is 0 Å². The molecule has 0 saturated heterocycles. The molecule has 0 aliphatic heterocycles. The molecule has 82 valence electrons. The number of hydrogen-bond acceptors (Lipinski definition) is 1. The quantitative estimate of drug-likeness (QED) is 0.826. The number of aryl methyl sites for hydroxylation is 2. The molecule has 0 aromatic heterocycles. The molecule has 1 heteroatoms. The lowest BCUT2D eigenvalue weighted by Crippen LogP contribution is -2.02. The van der Waals surface area contributed by atoms with E-state index in [0.29, 0.717) is 6.54 Å². The third-order valence-electron chi connectivity index (χ3n) is 2.86. The fourth-order valence-electron chi connectivity index (χ4n) is 1.92. The Labute approximate surface area is 96.9 Å². The lowest BCUT2D eigenvalue weighted by atomic mass is 10.00. The lowest BCUT2D eigenvalue weighted by molar-refractivity contribution is 0.922. The van der Waals surface area contributed by atoms with Crippen LogP contribution in [0.2, 0.25) is 0 Å². The Hall–Kier alpha value is -1.60. The van der Waals surface area contributed by atoms with E-state index in [4.69, 9.17) is 5.73 Å². The van der Waals surface area contributed by atoms with Gasteiger partial charge < -0.3 is 5.73 Å². The van der Waals surface area contributed by atoms with Crippen LogP contribution in [-0.2, 0) is 19.4 Å². The van der Waals surface area contributed by atoms with Crippen LogP contribution in [0.15, 0.2) is 54.6 Å². The minimum atomic E-state index is 0.630. The summed E-state index contributed by atoms with van der Waals surface area (Å²) in [6.07, 6.45) is 2.15. The topological polar surface area (TPSA) is 26.0 Å². The molecular weight excluding hydrogens is 194 g/mol. The molecule has 0 spiro atoms. The monoisotopic (exact) mass is 211 g/mol. The second-order valence-electron chi connectivity index (χ2n) is 3.96. The van der Waals surface area contributed by atoms with Crippen LogP contribution in [0.3, 0.4) is 0 Å². The first-order chi connectivity index (χ1) is 7.90. The molecule has 2 N–H and O–H groups in total. The Bertz CT molecular complexity index is 434. The summed E-state index contributed by atoms with van der Waals surface area (Å²) in [6.45, 7) is 0.630. The highest BCUT2D eigenvalue weighted by Crippen LogP contribution is 2.11. The van der Waals surface area contributed by atoms with Crippen LogP contribution in [0.5, 0.6) is 0 Å². The van der Waals surface area contributed by atoms with E-state index in [1.54, 1.807) is 0 Å². The van der Waals surface area contributed by atoms with E-state index in [9.17, 15) is 0 Å². The van der Waals surface area contributed by atoms with Crippen molar-refractivity contribution in [1.82, 2.24) is 0 Å². The van der Waals surface area contributed by atoms with E-state index in [0.717, 1.165) is 12.8 Å². The molecule has 0 bridgehead atoms.